The molecule has 0 spiro atoms. The highest BCUT2D eigenvalue weighted by Crippen LogP contribution is 2.22. The first-order chi connectivity index (χ1) is 8.88. The summed E-state index contributed by atoms with van der Waals surface area (Å²) in [5.74, 6) is -0.112. The first-order valence-electron chi connectivity index (χ1n) is 6.04. The molecular weight excluding hydrogens is 310 g/mol. The lowest BCUT2D eigenvalue weighted by Gasteiger charge is -2.17. The minimum Gasteiger partial charge on any atom is -0.336 e. The quantitative estimate of drug-likeness (QED) is 0.838. The average molecular weight is 326 g/mol. The van der Waals surface area contributed by atoms with Gasteiger partial charge in [-0.25, -0.2) is 4.79 Å². The number of hydrogen-bond acceptors (Lipinski definition) is 2. The van der Waals surface area contributed by atoms with Crippen molar-refractivity contribution >= 4 is 39.2 Å². The number of carbonyl (C=O) groups is 2. The Morgan fingerprint density at radius 3 is 2.47 bits per heavy atom. The SMILES string of the molecule is CC(C)(Br)C(=O)Nc1ccc(N2CCNC2=O)cc1. The van der Waals surface area contributed by atoms with E-state index in [2.05, 4.69) is 26.6 Å². The number of benzene rings is 1. The van der Waals surface area contributed by atoms with Crippen LogP contribution in [0.25, 0.3) is 0 Å². The summed E-state index contributed by atoms with van der Waals surface area (Å²) >= 11 is 3.30. The maximum absolute atomic E-state index is 11.8. The predicted octanol–water partition coefficient (Wildman–Crippen LogP) is 2.33. The van der Waals surface area contributed by atoms with Gasteiger partial charge in [0.1, 0.15) is 0 Å². The minimum absolute atomic E-state index is 0.0848. The van der Waals surface area contributed by atoms with Crippen LogP contribution < -0.4 is 15.5 Å². The molecular formula is C13H16BrN3O2. The van der Waals surface area contributed by atoms with Crippen LogP contribution in [-0.2, 0) is 4.79 Å². The zero-order valence-corrected chi connectivity index (χ0v) is 12.5. The summed E-state index contributed by atoms with van der Waals surface area (Å²) in [6.45, 7) is 4.89. The molecule has 6 heteroatoms. The Kier molecular flexibility index (Phi) is 3.80. The topological polar surface area (TPSA) is 61.4 Å². The fourth-order valence-corrected chi connectivity index (χ4v) is 1.82. The predicted molar refractivity (Wildman–Crippen MR) is 78.8 cm³/mol. The number of carbonyl (C=O) groups excluding carboxylic acids is 2. The van der Waals surface area contributed by atoms with Crippen LogP contribution in [0.15, 0.2) is 24.3 Å². The van der Waals surface area contributed by atoms with Crippen molar-refractivity contribution in [3.8, 4) is 0 Å². The van der Waals surface area contributed by atoms with Crippen LogP contribution in [0.2, 0.25) is 0 Å². The second kappa shape index (κ2) is 5.21. The molecule has 2 N–H and O–H groups in total. The highest BCUT2D eigenvalue weighted by molar-refractivity contribution is 9.10. The van der Waals surface area contributed by atoms with Crippen LogP contribution >= 0.6 is 15.9 Å². The molecule has 1 aliphatic heterocycles. The lowest BCUT2D eigenvalue weighted by molar-refractivity contribution is -0.117. The molecule has 102 valence electrons. The van der Waals surface area contributed by atoms with E-state index in [0.29, 0.717) is 18.8 Å². The van der Waals surface area contributed by atoms with Crippen molar-refractivity contribution in [2.45, 2.75) is 18.2 Å². The van der Waals surface area contributed by atoms with Crippen LogP contribution in [0.3, 0.4) is 0 Å². The van der Waals surface area contributed by atoms with Crippen molar-refractivity contribution in [3.63, 3.8) is 0 Å². The molecule has 3 amide bonds. The van der Waals surface area contributed by atoms with Gasteiger partial charge in [-0.2, -0.15) is 0 Å². The Labute approximate surface area is 120 Å². The average Bonchev–Trinajstić information content (AvgIpc) is 2.75. The molecule has 2 rings (SSSR count). The molecule has 1 fully saturated rings. The highest BCUT2D eigenvalue weighted by Gasteiger charge is 2.24. The minimum atomic E-state index is -0.611. The van der Waals surface area contributed by atoms with Gasteiger partial charge < -0.3 is 10.6 Å². The van der Waals surface area contributed by atoms with Crippen LogP contribution in [0.5, 0.6) is 0 Å². The van der Waals surface area contributed by atoms with E-state index in [1.54, 1.807) is 30.9 Å². The van der Waals surface area contributed by atoms with Gasteiger partial charge in [0.2, 0.25) is 5.91 Å². The third-order valence-electron chi connectivity index (χ3n) is 2.83. The molecule has 0 saturated carbocycles. The van der Waals surface area contributed by atoms with E-state index < -0.39 is 4.32 Å². The largest absolute Gasteiger partial charge is 0.336 e. The summed E-state index contributed by atoms with van der Waals surface area (Å²) in [4.78, 5) is 25.0. The van der Waals surface area contributed by atoms with Crippen LogP contribution in [-0.4, -0.2) is 29.4 Å². The fourth-order valence-electron chi connectivity index (χ4n) is 1.72. The molecule has 0 aromatic heterocycles. The number of alkyl halides is 1. The number of hydrogen-bond donors (Lipinski definition) is 2. The molecule has 1 aliphatic rings. The number of anilines is 2. The number of amides is 3. The fraction of sp³-hybridized carbons (Fsp3) is 0.385. The van der Waals surface area contributed by atoms with Gasteiger partial charge in [0.25, 0.3) is 0 Å². The van der Waals surface area contributed by atoms with E-state index in [4.69, 9.17) is 0 Å². The molecule has 5 nitrogen and oxygen atoms in total. The van der Waals surface area contributed by atoms with Gasteiger partial charge in [-0.15, -0.1) is 0 Å². The van der Waals surface area contributed by atoms with Crippen LogP contribution in [0.4, 0.5) is 16.2 Å². The van der Waals surface area contributed by atoms with Crippen molar-refractivity contribution in [2.24, 2.45) is 0 Å². The standard InChI is InChI=1S/C13H16BrN3O2/c1-13(2,14)11(18)16-9-3-5-10(6-4-9)17-8-7-15-12(17)19/h3-6H,7-8H2,1-2H3,(H,15,19)(H,16,18). The Hall–Kier alpha value is -1.56. The van der Waals surface area contributed by atoms with E-state index in [0.717, 1.165) is 5.69 Å². The number of halogens is 1. The number of nitrogens with zero attached hydrogens (tertiary/aromatic N) is 1. The first kappa shape index (κ1) is 13.9. The van der Waals surface area contributed by atoms with E-state index in [-0.39, 0.29) is 11.9 Å². The van der Waals surface area contributed by atoms with E-state index >= 15 is 0 Å². The summed E-state index contributed by atoms with van der Waals surface area (Å²) in [5.41, 5.74) is 1.53. The summed E-state index contributed by atoms with van der Waals surface area (Å²) in [7, 11) is 0. The monoisotopic (exact) mass is 325 g/mol. The summed E-state index contributed by atoms with van der Waals surface area (Å²) in [6.07, 6.45) is 0. The summed E-state index contributed by atoms with van der Waals surface area (Å²) in [6, 6.07) is 7.14. The van der Waals surface area contributed by atoms with Gasteiger partial charge in [0.15, 0.2) is 0 Å². The molecule has 1 aromatic carbocycles. The zero-order valence-electron chi connectivity index (χ0n) is 10.9. The van der Waals surface area contributed by atoms with Gasteiger partial charge in [-0.05, 0) is 38.1 Å². The second-order valence-electron chi connectivity index (χ2n) is 4.86. The van der Waals surface area contributed by atoms with E-state index in [9.17, 15) is 9.59 Å². The smallest absolute Gasteiger partial charge is 0.321 e. The normalized spacial score (nSPS) is 15.3. The molecule has 0 radical (unpaired) electrons. The Morgan fingerprint density at radius 2 is 2.00 bits per heavy atom. The third-order valence-corrected chi connectivity index (χ3v) is 3.19. The summed E-state index contributed by atoms with van der Waals surface area (Å²) in [5, 5.41) is 5.55. The molecule has 1 aromatic rings. The molecule has 1 heterocycles. The molecule has 0 bridgehead atoms. The van der Waals surface area contributed by atoms with Gasteiger partial charge in [-0.3, -0.25) is 9.69 Å². The number of rotatable bonds is 3. The van der Waals surface area contributed by atoms with Crippen LogP contribution in [0.1, 0.15) is 13.8 Å². The van der Waals surface area contributed by atoms with E-state index in [1.807, 2.05) is 12.1 Å². The van der Waals surface area contributed by atoms with Crippen molar-refractivity contribution in [2.75, 3.05) is 23.3 Å². The third kappa shape index (κ3) is 3.26. The Bertz CT molecular complexity index is 494. The van der Waals surface area contributed by atoms with Gasteiger partial charge in [0.05, 0.1) is 4.32 Å². The molecule has 0 atom stereocenters. The first-order valence-corrected chi connectivity index (χ1v) is 6.83. The maximum Gasteiger partial charge on any atom is 0.321 e. The highest BCUT2D eigenvalue weighted by atomic mass is 79.9. The molecule has 1 saturated heterocycles. The van der Waals surface area contributed by atoms with Crippen molar-refractivity contribution < 1.29 is 9.59 Å². The lowest BCUT2D eigenvalue weighted by atomic mass is 10.2. The number of nitrogens with one attached hydrogen (secondary N) is 2. The van der Waals surface area contributed by atoms with Crippen molar-refractivity contribution in [1.29, 1.82) is 0 Å². The van der Waals surface area contributed by atoms with Crippen LogP contribution in [0, 0.1) is 0 Å². The Morgan fingerprint density at radius 1 is 1.37 bits per heavy atom. The van der Waals surface area contributed by atoms with Gasteiger partial charge >= 0.3 is 6.03 Å². The molecule has 0 unspecified atom stereocenters. The molecule has 0 aliphatic carbocycles. The maximum atomic E-state index is 11.8. The van der Waals surface area contributed by atoms with E-state index in [1.165, 1.54) is 0 Å². The second-order valence-corrected chi connectivity index (χ2v) is 6.84. The molecule has 19 heavy (non-hydrogen) atoms. The van der Waals surface area contributed by atoms with Crippen molar-refractivity contribution in [3.05, 3.63) is 24.3 Å². The van der Waals surface area contributed by atoms with Crippen molar-refractivity contribution in [1.82, 2.24) is 5.32 Å². The van der Waals surface area contributed by atoms with Gasteiger partial charge in [0, 0.05) is 24.5 Å². The lowest BCUT2D eigenvalue weighted by Crippen LogP contribution is -2.31. The Balaban J connectivity index is 2.07. The zero-order chi connectivity index (χ0) is 14.0. The van der Waals surface area contributed by atoms with Gasteiger partial charge in [-0.1, -0.05) is 15.9 Å². The summed E-state index contributed by atoms with van der Waals surface area (Å²) < 4.78 is -0.611. The number of urea groups is 1.